The van der Waals surface area contributed by atoms with Gasteiger partial charge >= 0.3 is 9.24 Å². The van der Waals surface area contributed by atoms with Crippen molar-refractivity contribution in [3.05, 3.63) is 34.6 Å². The van der Waals surface area contributed by atoms with Crippen LogP contribution in [0.15, 0.2) is 18.2 Å². The molecule has 98 valence electrons. The Kier molecular flexibility index (Phi) is 3.08. The molecule has 0 bridgehead atoms. The minimum Gasteiger partial charge on any atom is -0.274 e. The summed E-state index contributed by atoms with van der Waals surface area (Å²) in [6.45, 7) is 1.51. The Labute approximate surface area is 113 Å². The van der Waals surface area contributed by atoms with E-state index in [0.29, 0.717) is 9.87 Å². The molecule has 1 aliphatic heterocycles. The Morgan fingerprint density at radius 1 is 1.44 bits per heavy atom. The van der Waals surface area contributed by atoms with E-state index in [1.807, 2.05) is 0 Å². The number of nitrogens with zero attached hydrogens (tertiary/aromatic N) is 1. The number of β-lactam (4-membered cyclic amide) rings is 1. The number of benzene rings is 1. The van der Waals surface area contributed by atoms with Crippen LogP contribution in [-0.4, -0.2) is 18.6 Å². The largest absolute Gasteiger partial charge is 0.324 e. The topological polar surface area (TPSA) is 54.5 Å². The second-order valence-electron chi connectivity index (χ2n) is 4.18. The summed E-state index contributed by atoms with van der Waals surface area (Å²) >= 11 is 5.87. The van der Waals surface area contributed by atoms with Gasteiger partial charge in [0.25, 0.3) is 0 Å². The monoisotopic (exact) mass is 311 g/mol. The molecule has 1 aliphatic rings. The van der Waals surface area contributed by atoms with Crippen LogP contribution < -0.4 is 0 Å². The van der Waals surface area contributed by atoms with Crippen molar-refractivity contribution < 1.29 is 17.6 Å². The van der Waals surface area contributed by atoms with Crippen molar-refractivity contribution in [1.29, 1.82) is 0 Å². The SMILES string of the molecule is CC1(c2ccc(F)cc2Cl)CC(=O)N1S(=O)(=O)Cl. The van der Waals surface area contributed by atoms with E-state index in [9.17, 15) is 17.6 Å². The Hall–Kier alpha value is -0.850. The third kappa shape index (κ3) is 1.98. The molecular weight excluding hydrogens is 304 g/mol. The van der Waals surface area contributed by atoms with Crippen molar-refractivity contribution in [2.45, 2.75) is 18.9 Å². The standard InChI is InChI=1S/C10H8Cl2FNO3S/c1-10(5-9(15)14(10)18(12,16)17)7-3-2-6(13)4-8(7)11/h2-4H,5H2,1H3. The van der Waals surface area contributed by atoms with Gasteiger partial charge in [-0.15, -0.1) is 0 Å². The Bertz CT molecular complexity index is 634. The lowest BCUT2D eigenvalue weighted by Crippen LogP contribution is -2.60. The van der Waals surface area contributed by atoms with E-state index < -0.39 is 26.5 Å². The highest BCUT2D eigenvalue weighted by Crippen LogP contribution is 2.46. The highest BCUT2D eigenvalue weighted by Gasteiger charge is 2.55. The van der Waals surface area contributed by atoms with Gasteiger partial charge in [-0.05, 0) is 24.6 Å². The van der Waals surface area contributed by atoms with Crippen molar-refractivity contribution in [1.82, 2.24) is 4.31 Å². The van der Waals surface area contributed by atoms with Crippen LogP contribution in [0.5, 0.6) is 0 Å². The van der Waals surface area contributed by atoms with Crippen LogP contribution in [0.1, 0.15) is 18.9 Å². The number of amides is 1. The summed E-state index contributed by atoms with van der Waals surface area (Å²) in [5, 5.41) is 0.0512. The first kappa shape index (κ1) is 13.6. The average Bonchev–Trinajstić information content (AvgIpc) is 2.12. The zero-order valence-corrected chi connectivity index (χ0v) is 11.5. The van der Waals surface area contributed by atoms with Crippen molar-refractivity contribution in [3.63, 3.8) is 0 Å². The molecule has 1 unspecified atom stereocenters. The van der Waals surface area contributed by atoms with Crippen LogP contribution in [-0.2, 0) is 19.6 Å². The summed E-state index contributed by atoms with van der Waals surface area (Å²) < 4.78 is 36.2. The van der Waals surface area contributed by atoms with Crippen LogP contribution in [0.4, 0.5) is 4.39 Å². The summed E-state index contributed by atoms with van der Waals surface area (Å²) in [6.07, 6.45) is -0.0513. The van der Waals surface area contributed by atoms with Gasteiger partial charge in [0.15, 0.2) is 0 Å². The van der Waals surface area contributed by atoms with Gasteiger partial charge in [-0.25, -0.2) is 8.70 Å². The van der Waals surface area contributed by atoms with E-state index in [2.05, 4.69) is 0 Å². The third-order valence-corrected chi connectivity index (χ3v) is 4.67. The lowest BCUT2D eigenvalue weighted by Gasteiger charge is -2.47. The van der Waals surface area contributed by atoms with Crippen molar-refractivity contribution >= 4 is 37.4 Å². The first-order chi connectivity index (χ1) is 8.16. The average molecular weight is 312 g/mol. The van der Waals surface area contributed by atoms with Gasteiger partial charge in [0.1, 0.15) is 5.82 Å². The Balaban J connectivity index is 2.53. The zero-order valence-electron chi connectivity index (χ0n) is 9.15. The number of rotatable bonds is 2. The summed E-state index contributed by atoms with van der Waals surface area (Å²) in [4.78, 5) is 11.4. The molecule has 0 aliphatic carbocycles. The minimum absolute atomic E-state index is 0.0512. The molecule has 1 atom stereocenters. The molecule has 0 spiro atoms. The molecule has 0 aromatic heterocycles. The second-order valence-corrected chi connectivity index (χ2v) is 6.94. The van der Waals surface area contributed by atoms with Crippen LogP contribution in [0.2, 0.25) is 5.02 Å². The molecule has 18 heavy (non-hydrogen) atoms. The van der Waals surface area contributed by atoms with E-state index in [1.54, 1.807) is 0 Å². The lowest BCUT2D eigenvalue weighted by atomic mass is 9.82. The minimum atomic E-state index is -4.19. The third-order valence-electron chi connectivity index (χ3n) is 2.90. The predicted molar refractivity (Wildman–Crippen MR) is 65.0 cm³/mol. The Morgan fingerprint density at radius 2 is 2.06 bits per heavy atom. The van der Waals surface area contributed by atoms with E-state index in [4.69, 9.17) is 22.3 Å². The number of halogens is 3. The van der Waals surface area contributed by atoms with Crippen molar-refractivity contribution in [2.75, 3.05) is 0 Å². The maximum atomic E-state index is 13.0. The summed E-state index contributed by atoms with van der Waals surface area (Å²) in [6, 6.07) is 3.55. The van der Waals surface area contributed by atoms with Crippen molar-refractivity contribution in [3.8, 4) is 0 Å². The predicted octanol–water partition coefficient (Wildman–Crippen LogP) is 2.41. The normalized spacial score (nSPS) is 24.0. The van der Waals surface area contributed by atoms with E-state index in [-0.39, 0.29) is 11.4 Å². The molecule has 1 heterocycles. The summed E-state index contributed by atoms with van der Waals surface area (Å²) in [5.74, 6) is -1.16. The molecule has 2 rings (SSSR count). The molecule has 0 radical (unpaired) electrons. The fraction of sp³-hybridized carbons (Fsp3) is 0.300. The van der Waals surface area contributed by atoms with Crippen LogP contribution >= 0.6 is 22.3 Å². The van der Waals surface area contributed by atoms with Crippen LogP contribution in [0.3, 0.4) is 0 Å². The number of carbonyl (C=O) groups excluding carboxylic acids is 1. The van der Waals surface area contributed by atoms with Gasteiger partial charge in [0, 0.05) is 15.7 Å². The smallest absolute Gasteiger partial charge is 0.274 e. The first-order valence-electron chi connectivity index (χ1n) is 4.89. The fourth-order valence-electron chi connectivity index (χ4n) is 2.12. The lowest BCUT2D eigenvalue weighted by molar-refractivity contribution is -0.144. The van der Waals surface area contributed by atoms with Gasteiger partial charge in [-0.3, -0.25) is 4.79 Å². The number of hydrogen-bond acceptors (Lipinski definition) is 3. The molecule has 0 saturated carbocycles. The summed E-state index contributed by atoms with van der Waals surface area (Å²) in [5.41, 5.74) is -0.822. The van der Waals surface area contributed by atoms with Gasteiger partial charge < -0.3 is 0 Å². The molecule has 0 N–H and O–H groups in total. The first-order valence-corrected chi connectivity index (χ1v) is 7.54. The van der Waals surface area contributed by atoms with Crippen molar-refractivity contribution in [2.24, 2.45) is 0 Å². The van der Waals surface area contributed by atoms with Gasteiger partial charge in [-0.1, -0.05) is 17.7 Å². The molecule has 1 aromatic rings. The van der Waals surface area contributed by atoms with Gasteiger partial charge in [0.2, 0.25) is 5.91 Å². The maximum Gasteiger partial charge on any atom is 0.324 e. The van der Waals surface area contributed by atoms with E-state index in [1.165, 1.54) is 13.0 Å². The van der Waals surface area contributed by atoms with Crippen LogP contribution in [0, 0.1) is 5.82 Å². The molecule has 4 nitrogen and oxygen atoms in total. The quantitative estimate of drug-likeness (QED) is 0.622. The molecule has 1 fully saturated rings. The van der Waals surface area contributed by atoms with Gasteiger partial charge in [-0.2, -0.15) is 8.42 Å². The summed E-state index contributed by atoms with van der Waals surface area (Å²) in [7, 11) is 1.01. The van der Waals surface area contributed by atoms with E-state index >= 15 is 0 Å². The molecular formula is C10H8Cl2FNO3S. The highest BCUT2D eigenvalue weighted by molar-refractivity contribution is 8.12. The zero-order chi connectivity index (χ0) is 13.7. The molecule has 1 saturated heterocycles. The highest BCUT2D eigenvalue weighted by atomic mass is 35.7. The second kappa shape index (κ2) is 4.08. The number of hydrogen-bond donors (Lipinski definition) is 0. The fourth-order valence-corrected chi connectivity index (χ4v) is 4.13. The molecule has 1 aromatic carbocycles. The number of carbonyl (C=O) groups is 1. The molecule has 1 amide bonds. The van der Waals surface area contributed by atoms with Crippen LogP contribution in [0.25, 0.3) is 0 Å². The van der Waals surface area contributed by atoms with E-state index in [0.717, 1.165) is 12.1 Å². The maximum absolute atomic E-state index is 13.0. The van der Waals surface area contributed by atoms with Gasteiger partial charge in [0.05, 0.1) is 12.0 Å². The molecule has 8 heteroatoms. The Morgan fingerprint density at radius 3 is 2.50 bits per heavy atom.